The molecule has 35 heavy (non-hydrogen) atoms. The molecule has 0 bridgehead atoms. The quantitative estimate of drug-likeness (QED) is 0.690. The van der Waals surface area contributed by atoms with Gasteiger partial charge in [0.15, 0.2) is 0 Å². The van der Waals surface area contributed by atoms with Crippen molar-refractivity contribution in [2.24, 2.45) is 0 Å². The van der Waals surface area contributed by atoms with Crippen molar-refractivity contribution in [1.82, 2.24) is 19.7 Å². The highest BCUT2D eigenvalue weighted by Crippen LogP contribution is 2.38. The summed E-state index contributed by atoms with van der Waals surface area (Å²) >= 11 is 0. The van der Waals surface area contributed by atoms with Gasteiger partial charge in [-0.25, -0.2) is 9.78 Å². The second-order valence-electron chi connectivity index (χ2n) is 8.92. The molecule has 0 unspecified atom stereocenters. The van der Waals surface area contributed by atoms with Gasteiger partial charge in [0.05, 0.1) is 31.1 Å². The van der Waals surface area contributed by atoms with Crippen LogP contribution < -0.4 is 4.90 Å². The second-order valence-corrected chi connectivity index (χ2v) is 8.92. The minimum atomic E-state index is -1.05. The van der Waals surface area contributed by atoms with E-state index < -0.39 is 6.09 Å². The van der Waals surface area contributed by atoms with Crippen molar-refractivity contribution in [3.63, 3.8) is 0 Å². The van der Waals surface area contributed by atoms with Crippen molar-refractivity contribution >= 4 is 23.5 Å². The Hall–Kier alpha value is -3.79. The maximum atomic E-state index is 12.1. The fraction of sp³-hybridized carbons (Fsp3) is 0.400. The van der Waals surface area contributed by atoms with E-state index in [1.54, 1.807) is 36.2 Å². The summed E-state index contributed by atoms with van der Waals surface area (Å²) in [6, 6.07) is 8.97. The van der Waals surface area contributed by atoms with Crippen LogP contribution in [0.3, 0.4) is 0 Å². The van der Waals surface area contributed by atoms with Crippen molar-refractivity contribution in [2.75, 3.05) is 57.4 Å². The van der Waals surface area contributed by atoms with Gasteiger partial charge in [0.25, 0.3) is 0 Å². The Balaban J connectivity index is 1.63. The number of phenolic OH excluding ortho intramolecular Hbond substituents is 1. The fourth-order valence-electron chi connectivity index (χ4n) is 4.86. The number of ether oxygens (including phenoxy) is 1. The standard InChI is InChI=1S/C25H29N5O5/c1-17(31)27-5-7-28(8-6-27)22-16-30(25(33)34)15-21-20(18-3-2-4-19(32)13-18)14-23(26-24(21)22)29-9-11-35-12-10-29/h2-4,13-14,16,32H,5-12,15H2,1H3,(H,33,34). The molecule has 3 aliphatic heterocycles. The summed E-state index contributed by atoms with van der Waals surface area (Å²) in [6.07, 6.45) is 0.603. The molecule has 10 nitrogen and oxygen atoms in total. The van der Waals surface area contributed by atoms with Gasteiger partial charge in [0.2, 0.25) is 5.91 Å². The van der Waals surface area contributed by atoms with E-state index in [1.807, 2.05) is 12.1 Å². The van der Waals surface area contributed by atoms with Crippen LogP contribution in [0.1, 0.15) is 18.2 Å². The molecule has 2 aromatic rings. The number of fused-ring (bicyclic) bond motifs is 1. The molecular weight excluding hydrogens is 450 g/mol. The number of hydrogen-bond donors (Lipinski definition) is 2. The van der Waals surface area contributed by atoms with E-state index in [4.69, 9.17) is 9.72 Å². The first-order valence-electron chi connectivity index (χ1n) is 11.8. The largest absolute Gasteiger partial charge is 0.508 e. The van der Waals surface area contributed by atoms with Gasteiger partial charge in [-0.05, 0) is 29.3 Å². The zero-order chi connectivity index (χ0) is 24.5. The molecule has 0 saturated carbocycles. The molecule has 2 amide bonds. The van der Waals surface area contributed by atoms with Crippen molar-refractivity contribution in [3.8, 4) is 16.9 Å². The molecule has 1 aromatic carbocycles. The maximum Gasteiger partial charge on any atom is 0.411 e. The number of hydrogen-bond acceptors (Lipinski definition) is 7. The number of rotatable bonds is 3. The molecule has 0 spiro atoms. The number of morpholine rings is 1. The Labute approximate surface area is 203 Å². The molecule has 5 rings (SSSR count). The lowest BCUT2D eigenvalue weighted by atomic mass is 9.94. The van der Waals surface area contributed by atoms with E-state index in [2.05, 4.69) is 9.80 Å². The van der Waals surface area contributed by atoms with Crippen LogP contribution in [-0.4, -0.2) is 94.4 Å². The Kier molecular flexibility index (Phi) is 6.21. The summed E-state index contributed by atoms with van der Waals surface area (Å²) in [4.78, 5) is 36.3. The molecule has 0 aliphatic carbocycles. The number of pyridine rings is 1. The molecule has 10 heteroatoms. The van der Waals surface area contributed by atoms with Crippen LogP contribution in [0.5, 0.6) is 5.75 Å². The minimum Gasteiger partial charge on any atom is -0.508 e. The number of carboxylic acid groups (broad SMARTS) is 1. The Morgan fingerprint density at radius 3 is 2.40 bits per heavy atom. The average Bonchev–Trinajstić information content (AvgIpc) is 2.88. The third kappa shape index (κ3) is 4.61. The lowest BCUT2D eigenvalue weighted by Gasteiger charge is -2.39. The van der Waals surface area contributed by atoms with Crippen molar-refractivity contribution in [2.45, 2.75) is 13.5 Å². The minimum absolute atomic E-state index is 0.0359. The van der Waals surface area contributed by atoms with Crippen LogP contribution in [0, 0.1) is 0 Å². The van der Waals surface area contributed by atoms with Crippen LogP contribution in [0.4, 0.5) is 10.6 Å². The van der Waals surface area contributed by atoms with E-state index in [-0.39, 0.29) is 18.2 Å². The number of carbonyl (C=O) groups excluding carboxylic acids is 1. The zero-order valence-corrected chi connectivity index (χ0v) is 19.7. The van der Waals surface area contributed by atoms with E-state index in [0.29, 0.717) is 52.5 Å². The lowest BCUT2D eigenvalue weighted by Crippen LogP contribution is -2.48. The molecule has 3 aliphatic rings. The van der Waals surface area contributed by atoms with Gasteiger partial charge in [-0.2, -0.15) is 0 Å². The van der Waals surface area contributed by atoms with Crippen molar-refractivity contribution in [3.05, 3.63) is 47.8 Å². The number of anilines is 1. The highest BCUT2D eigenvalue weighted by molar-refractivity contribution is 5.82. The fourth-order valence-corrected chi connectivity index (χ4v) is 4.86. The predicted molar refractivity (Wildman–Crippen MR) is 130 cm³/mol. The van der Waals surface area contributed by atoms with Crippen LogP contribution in [-0.2, 0) is 16.1 Å². The summed E-state index contributed by atoms with van der Waals surface area (Å²) in [5.74, 6) is 0.971. The third-order valence-corrected chi connectivity index (χ3v) is 6.76. The van der Waals surface area contributed by atoms with E-state index in [1.165, 1.54) is 4.90 Å². The molecule has 0 atom stereocenters. The lowest BCUT2D eigenvalue weighted by molar-refractivity contribution is -0.130. The normalized spacial score (nSPS) is 18.3. The Morgan fingerprint density at radius 1 is 1.00 bits per heavy atom. The first kappa shape index (κ1) is 23.0. The molecule has 2 saturated heterocycles. The molecular formula is C25H29N5O5. The molecule has 4 heterocycles. The van der Waals surface area contributed by atoms with Crippen molar-refractivity contribution in [1.29, 1.82) is 0 Å². The van der Waals surface area contributed by atoms with E-state index in [9.17, 15) is 19.8 Å². The number of aromatic nitrogens is 1. The molecule has 1 aromatic heterocycles. The van der Waals surface area contributed by atoms with E-state index in [0.717, 1.165) is 33.9 Å². The van der Waals surface area contributed by atoms with Crippen LogP contribution >= 0.6 is 0 Å². The highest BCUT2D eigenvalue weighted by Gasteiger charge is 2.31. The van der Waals surface area contributed by atoms with Gasteiger partial charge in [-0.1, -0.05) is 12.1 Å². The number of benzene rings is 1. The van der Waals surface area contributed by atoms with Gasteiger partial charge in [-0.3, -0.25) is 9.69 Å². The van der Waals surface area contributed by atoms with Gasteiger partial charge in [0.1, 0.15) is 11.6 Å². The van der Waals surface area contributed by atoms with Gasteiger partial charge in [0, 0.05) is 58.0 Å². The van der Waals surface area contributed by atoms with Crippen LogP contribution in [0.2, 0.25) is 0 Å². The average molecular weight is 480 g/mol. The summed E-state index contributed by atoms with van der Waals surface area (Å²) in [7, 11) is 0. The van der Waals surface area contributed by atoms with Gasteiger partial charge < -0.3 is 29.6 Å². The summed E-state index contributed by atoms with van der Waals surface area (Å²) in [5.41, 5.74) is 3.90. The Bertz CT molecular complexity index is 1170. The summed E-state index contributed by atoms with van der Waals surface area (Å²) in [6.45, 7) is 6.68. The molecule has 2 fully saturated rings. The Morgan fingerprint density at radius 2 is 1.74 bits per heavy atom. The van der Waals surface area contributed by atoms with Gasteiger partial charge in [-0.15, -0.1) is 0 Å². The monoisotopic (exact) mass is 479 g/mol. The zero-order valence-electron chi connectivity index (χ0n) is 19.7. The number of aromatic hydroxyl groups is 1. The number of carbonyl (C=O) groups is 2. The first-order chi connectivity index (χ1) is 16.9. The number of piperazine rings is 1. The highest BCUT2D eigenvalue weighted by atomic mass is 16.5. The van der Waals surface area contributed by atoms with E-state index >= 15 is 0 Å². The molecule has 184 valence electrons. The van der Waals surface area contributed by atoms with Crippen LogP contribution in [0.15, 0.2) is 36.5 Å². The third-order valence-electron chi connectivity index (χ3n) is 6.76. The van der Waals surface area contributed by atoms with Gasteiger partial charge >= 0.3 is 6.09 Å². The molecule has 0 radical (unpaired) electrons. The number of nitrogens with zero attached hydrogens (tertiary/aromatic N) is 5. The maximum absolute atomic E-state index is 12.1. The first-order valence-corrected chi connectivity index (χ1v) is 11.8. The number of phenols is 1. The predicted octanol–water partition coefficient (Wildman–Crippen LogP) is 2.25. The SMILES string of the molecule is CC(=O)N1CCN(C2=CN(C(=O)O)Cc3c(-c4cccc(O)c4)cc(N4CCOCC4)nc32)CC1. The smallest absolute Gasteiger partial charge is 0.411 e. The van der Waals surface area contributed by atoms with Crippen molar-refractivity contribution < 1.29 is 24.5 Å². The molecule has 2 N–H and O–H groups in total. The second kappa shape index (κ2) is 9.46. The topological polar surface area (TPSA) is 110 Å². The van der Waals surface area contributed by atoms with Crippen LogP contribution in [0.25, 0.3) is 16.8 Å². The summed E-state index contributed by atoms with van der Waals surface area (Å²) < 4.78 is 5.52. The number of amides is 2. The summed E-state index contributed by atoms with van der Waals surface area (Å²) in [5, 5.41) is 20.0.